The Kier molecular flexibility index (Phi) is 9.11. The lowest BCUT2D eigenvalue weighted by atomic mass is 10.0. The van der Waals surface area contributed by atoms with Gasteiger partial charge < -0.3 is 15.7 Å². The molecule has 8 heteroatoms. The normalized spacial score (nSPS) is 12.8. The number of thiophene rings is 1. The smallest absolute Gasteiger partial charge is 0.261 e. The van der Waals surface area contributed by atoms with Gasteiger partial charge in [-0.1, -0.05) is 37.3 Å². The molecule has 0 aliphatic rings. The molecule has 2 atom stereocenters. The number of aryl methyl sites for hydroxylation is 1. The first-order chi connectivity index (χ1) is 17.9. The van der Waals surface area contributed by atoms with Gasteiger partial charge in [0.05, 0.1) is 27.6 Å². The average Bonchev–Trinajstić information content (AvgIpc) is 3.39. The second-order valence-electron chi connectivity index (χ2n) is 8.81. The van der Waals surface area contributed by atoms with E-state index in [1.165, 1.54) is 29.0 Å². The van der Waals surface area contributed by atoms with E-state index >= 15 is 0 Å². The molecule has 0 unspecified atom stereocenters. The van der Waals surface area contributed by atoms with E-state index < -0.39 is 23.8 Å². The van der Waals surface area contributed by atoms with Crippen molar-refractivity contribution in [1.82, 2.24) is 15.6 Å². The number of rotatable bonds is 11. The highest BCUT2D eigenvalue weighted by Gasteiger charge is 2.24. The SMILES string of the molecule is CCc1cccc(CNC[C@H](O)[C@H](Cc2cc(F)cc(F)c2)NC(=O)c2ccc(-c3ccccn3)s2)c1. The fraction of sp³-hybridized carbons (Fsp3) is 0.241. The molecule has 1 amide bonds. The van der Waals surface area contributed by atoms with Gasteiger partial charge in [0.15, 0.2) is 0 Å². The summed E-state index contributed by atoms with van der Waals surface area (Å²) in [6.07, 6.45) is 1.68. The minimum absolute atomic E-state index is 0.0626. The Morgan fingerprint density at radius 2 is 1.76 bits per heavy atom. The van der Waals surface area contributed by atoms with Gasteiger partial charge in [-0.25, -0.2) is 8.78 Å². The van der Waals surface area contributed by atoms with E-state index in [1.807, 2.05) is 36.4 Å². The van der Waals surface area contributed by atoms with Crippen molar-refractivity contribution in [1.29, 1.82) is 0 Å². The Morgan fingerprint density at radius 1 is 0.973 bits per heavy atom. The topological polar surface area (TPSA) is 74.2 Å². The number of aliphatic hydroxyl groups excluding tert-OH is 1. The van der Waals surface area contributed by atoms with Crippen LogP contribution in [0.1, 0.15) is 33.3 Å². The maximum atomic E-state index is 13.8. The Balaban J connectivity index is 1.46. The van der Waals surface area contributed by atoms with Crippen molar-refractivity contribution in [2.45, 2.75) is 38.5 Å². The summed E-state index contributed by atoms with van der Waals surface area (Å²) in [6, 6.07) is 19.7. The zero-order valence-corrected chi connectivity index (χ0v) is 21.3. The fourth-order valence-electron chi connectivity index (χ4n) is 4.08. The first-order valence-corrected chi connectivity index (χ1v) is 13.0. The Bertz CT molecular complexity index is 1310. The van der Waals surface area contributed by atoms with E-state index in [2.05, 4.69) is 34.7 Å². The summed E-state index contributed by atoms with van der Waals surface area (Å²) >= 11 is 1.29. The molecule has 0 aliphatic carbocycles. The monoisotopic (exact) mass is 521 g/mol. The molecule has 37 heavy (non-hydrogen) atoms. The Hall–Kier alpha value is -3.46. The van der Waals surface area contributed by atoms with Gasteiger partial charge in [-0.05, 0) is 65.9 Å². The van der Waals surface area contributed by atoms with Gasteiger partial charge in [0, 0.05) is 25.4 Å². The summed E-state index contributed by atoms with van der Waals surface area (Å²) in [5.74, 6) is -1.78. The molecule has 0 spiro atoms. The van der Waals surface area contributed by atoms with E-state index in [1.54, 1.807) is 12.3 Å². The number of nitrogens with one attached hydrogen (secondary N) is 2. The highest BCUT2D eigenvalue weighted by atomic mass is 32.1. The molecular weight excluding hydrogens is 492 g/mol. The number of benzene rings is 2. The number of hydrogen-bond acceptors (Lipinski definition) is 5. The van der Waals surface area contributed by atoms with Crippen LogP contribution in [0, 0.1) is 11.6 Å². The van der Waals surface area contributed by atoms with Crippen LogP contribution in [0.25, 0.3) is 10.6 Å². The van der Waals surface area contributed by atoms with Crippen LogP contribution in [0.4, 0.5) is 8.78 Å². The Morgan fingerprint density at radius 3 is 2.49 bits per heavy atom. The molecular formula is C29H29F2N3O2S. The van der Waals surface area contributed by atoms with Crippen LogP contribution in [0.15, 0.2) is 79.0 Å². The molecule has 2 aromatic heterocycles. The minimum atomic E-state index is -1.00. The summed E-state index contributed by atoms with van der Waals surface area (Å²) in [7, 11) is 0. The lowest BCUT2D eigenvalue weighted by Gasteiger charge is -2.25. The molecule has 4 rings (SSSR count). The molecule has 0 fully saturated rings. The first-order valence-electron chi connectivity index (χ1n) is 12.1. The van der Waals surface area contributed by atoms with Crippen LogP contribution in [-0.4, -0.2) is 34.7 Å². The number of amides is 1. The van der Waals surface area contributed by atoms with Gasteiger partial charge in [-0.3, -0.25) is 9.78 Å². The third-order valence-electron chi connectivity index (χ3n) is 5.99. The van der Waals surface area contributed by atoms with Crippen LogP contribution in [0.3, 0.4) is 0 Å². The van der Waals surface area contributed by atoms with Crippen molar-refractivity contribution >= 4 is 17.2 Å². The quantitative estimate of drug-likeness (QED) is 0.256. The lowest BCUT2D eigenvalue weighted by Crippen LogP contribution is -2.48. The van der Waals surface area contributed by atoms with Crippen molar-refractivity contribution in [3.8, 4) is 10.6 Å². The molecule has 0 saturated carbocycles. The molecule has 0 bridgehead atoms. The molecule has 192 valence electrons. The van der Waals surface area contributed by atoms with Gasteiger partial charge in [-0.15, -0.1) is 11.3 Å². The first kappa shape index (κ1) is 26.6. The summed E-state index contributed by atoms with van der Waals surface area (Å²) in [5, 5.41) is 17.1. The number of halogens is 2. The lowest BCUT2D eigenvalue weighted by molar-refractivity contribution is 0.0833. The second kappa shape index (κ2) is 12.7. The van der Waals surface area contributed by atoms with Gasteiger partial charge in [0.1, 0.15) is 11.6 Å². The van der Waals surface area contributed by atoms with Gasteiger partial charge in [0.25, 0.3) is 5.91 Å². The summed E-state index contributed by atoms with van der Waals surface area (Å²) in [4.78, 5) is 18.7. The standard InChI is InChI=1S/C29H29F2N3O2S/c1-2-19-6-5-7-20(12-19)17-32-18-26(35)25(15-21-13-22(30)16-23(31)14-21)34-29(36)28-10-9-27(37-28)24-8-3-4-11-33-24/h3-14,16,25-26,32,35H,2,15,17-18H2,1H3,(H,34,36)/t25-,26-/m0/s1. The third kappa shape index (κ3) is 7.52. The molecule has 5 nitrogen and oxygen atoms in total. The maximum Gasteiger partial charge on any atom is 0.261 e. The van der Waals surface area contributed by atoms with Gasteiger partial charge in [-0.2, -0.15) is 0 Å². The second-order valence-corrected chi connectivity index (χ2v) is 9.90. The predicted octanol–water partition coefficient (Wildman–Crippen LogP) is 5.14. The van der Waals surface area contributed by atoms with Crippen molar-refractivity contribution < 1.29 is 18.7 Å². The number of nitrogens with zero attached hydrogens (tertiary/aromatic N) is 1. The van der Waals surface area contributed by atoms with Crippen LogP contribution < -0.4 is 10.6 Å². The number of carbonyl (C=O) groups excluding carboxylic acids is 1. The number of carbonyl (C=O) groups is 1. The van der Waals surface area contributed by atoms with Crippen molar-refractivity contribution in [3.63, 3.8) is 0 Å². The summed E-state index contributed by atoms with van der Waals surface area (Å²) < 4.78 is 27.6. The zero-order chi connectivity index (χ0) is 26.2. The molecule has 3 N–H and O–H groups in total. The molecule has 0 saturated heterocycles. The Labute approximate surface area is 219 Å². The van der Waals surface area contributed by atoms with E-state index in [0.717, 1.165) is 28.6 Å². The molecule has 4 aromatic rings. The third-order valence-corrected chi connectivity index (χ3v) is 7.09. The van der Waals surface area contributed by atoms with E-state index in [9.17, 15) is 18.7 Å². The number of hydrogen-bond donors (Lipinski definition) is 3. The zero-order valence-electron chi connectivity index (χ0n) is 20.5. The molecule has 0 radical (unpaired) electrons. The highest BCUT2D eigenvalue weighted by Crippen LogP contribution is 2.26. The average molecular weight is 522 g/mol. The molecule has 0 aliphatic heterocycles. The number of pyridine rings is 1. The number of aliphatic hydroxyl groups is 1. The maximum absolute atomic E-state index is 13.8. The molecule has 2 heterocycles. The minimum Gasteiger partial charge on any atom is -0.390 e. The van der Waals surface area contributed by atoms with Crippen LogP contribution >= 0.6 is 11.3 Å². The van der Waals surface area contributed by atoms with Crippen molar-refractivity contribution in [3.05, 3.63) is 112 Å². The van der Waals surface area contributed by atoms with E-state index in [0.29, 0.717) is 17.0 Å². The van der Waals surface area contributed by atoms with Crippen LogP contribution in [0.2, 0.25) is 0 Å². The van der Waals surface area contributed by atoms with E-state index in [4.69, 9.17) is 0 Å². The van der Waals surface area contributed by atoms with Crippen molar-refractivity contribution in [2.75, 3.05) is 6.54 Å². The van der Waals surface area contributed by atoms with Gasteiger partial charge in [0.2, 0.25) is 0 Å². The summed E-state index contributed by atoms with van der Waals surface area (Å²) in [5.41, 5.74) is 3.41. The predicted molar refractivity (Wildman–Crippen MR) is 142 cm³/mol. The fourth-order valence-corrected chi connectivity index (χ4v) is 4.96. The van der Waals surface area contributed by atoms with Crippen molar-refractivity contribution in [2.24, 2.45) is 0 Å². The molecule has 2 aromatic carbocycles. The van der Waals surface area contributed by atoms with Gasteiger partial charge >= 0.3 is 0 Å². The highest BCUT2D eigenvalue weighted by molar-refractivity contribution is 7.17. The number of aromatic nitrogens is 1. The van der Waals surface area contributed by atoms with E-state index in [-0.39, 0.29) is 18.9 Å². The van der Waals surface area contributed by atoms with Crippen LogP contribution in [0.5, 0.6) is 0 Å². The largest absolute Gasteiger partial charge is 0.390 e. The summed E-state index contributed by atoms with van der Waals surface area (Å²) in [6.45, 7) is 2.81. The van der Waals surface area contributed by atoms with Crippen LogP contribution in [-0.2, 0) is 19.4 Å².